The zero-order valence-corrected chi connectivity index (χ0v) is 10.9. The van der Waals surface area contributed by atoms with Crippen molar-refractivity contribution < 1.29 is 9.90 Å². The van der Waals surface area contributed by atoms with E-state index in [2.05, 4.69) is 15.4 Å². The molecular weight excluding hydrogens is 246 g/mol. The molecule has 2 aromatic heterocycles. The Bertz CT molecular complexity index is 639. The highest BCUT2D eigenvalue weighted by Crippen LogP contribution is 2.42. The summed E-state index contributed by atoms with van der Waals surface area (Å²) in [6, 6.07) is 0. The van der Waals surface area contributed by atoms with E-state index in [1.165, 1.54) is 0 Å². The van der Waals surface area contributed by atoms with Crippen molar-refractivity contribution in [2.45, 2.75) is 32.1 Å². The highest BCUT2D eigenvalue weighted by atomic mass is 16.4. The summed E-state index contributed by atoms with van der Waals surface area (Å²) < 4.78 is 3.36. The molecule has 1 saturated carbocycles. The smallest absolute Gasteiger partial charge is 0.358 e. The molecule has 0 aromatic carbocycles. The molecule has 3 rings (SSSR count). The number of nitrogens with zero attached hydrogens (tertiary/aromatic N) is 5. The summed E-state index contributed by atoms with van der Waals surface area (Å²) in [5.74, 6) is -0.763. The molecule has 100 valence electrons. The number of rotatable bonds is 4. The fourth-order valence-electron chi connectivity index (χ4n) is 2.29. The van der Waals surface area contributed by atoms with E-state index in [0.29, 0.717) is 5.69 Å². The third-order valence-corrected chi connectivity index (χ3v) is 3.32. The molecule has 2 heterocycles. The maximum atomic E-state index is 11.2. The van der Waals surface area contributed by atoms with E-state index in [4.69, 9.17) is 0 Å². The molecule has 0 amide bonds. The van der Waals surface area contributed by atoms with E-state index >= 15 is 0 Å². The third kappa shape index (κ3) is 1.91. The van der Waals surface area contributed by atoms with Gasteiger partial charge in [0.2, 0.25) is 0 Å². The highest BCUT2D eigenvalue weighted by molar-refractivity contribution is 5.87. The van der Waals surface area contributed by atoms with Crippen LogP contribution in [0.2, 0.25) is 0 Å². The van der Waals surface area contributed by atoms with E-state index in [9.17, 15) is 9.90 Å². The molecule has 19 heavy (non-hydrogen) atoms. The van der Waals surface area contributed by atoms with Gasteiger partial charge in [0.25, 0.3) is 0 Å². The molecule has 0 bridgehead atoms. The minimum Gasteiger partial charge on any atom is -0.476 e. The van der Waals surface area contributed by atoms with Gasteiger partial charge in [-0.3, -0.25) is 4.68 Å². The summed E-state index contributed by atoms with van der Waals surface area (Å²) in [6.07, 6.45) is 4.61. The molecule has 1 aliphatic carbocycles. The van der Waals surface area contributed by atoms with Crippen molar-refractivity contribution in [3.8, 4) is 5.69 Å². The average molecular weight is 261 g/mol. The van der Waals surface area contributed by atoms with Gasteiger partial charge in [0.05, 0.1) is 17.6 Å². The van der Waals surface area contributed by atoms with Gasteiger partial charge in [0.15, 0.2) is 5.69 Å². The minimum atomic E-state index is -1.02. The summed E-state index contributed by atoms with van der Waals surface area (Å²) in [5.41, 5.74) is 2.49. The maximum absolute atomic E-state index is 11.2. The first-order valence-corrected chi connectivity index (χ1v) is 6.33. The predicted octanol–water partition coefficient (Wildman–Crippen LogP) is 1.14. The first-order valence-electron chi connectivity index (χ1n) is 6.33. The van der Waals surface area contributed by atoms with E-state index in [1.807, 2.05) is 20.2 Å². The summed E-state index contributed by atoms with van der Waals surface area (Å²) in [7, 11) is 1.84. The maximum Gasteiger partial charge on any atom is 0.358 e. The van der Waals surface area contributed by atoms with Crippen LogP contribution in [0.4, 0.5) is 0 Å². The molecular formula is C12H15N5O2. The zero-order valence-electron chi connectivity index (χ0n) is 10.9. The van der Waals surface area contributed by atoms with Crippen molar-refractivity contribution in [2.75, 3.05) is 0 Å². The van der Waals surface area contributed by atoms with Gasteiger partial charge in [0.1, 0.15) is 5.69 Å². The Labute approximate surface area is 109 Å². The molecule has 1 aliphatic rings. The average Bonchev–Trinajstić information content (AvgIpc) is 2.99. The van der Waals surface area contributed by atoms with Gasteiger partial charge in [-0.15, -0.1) is 5.10 Å². The van der Waals surface area contributed by atoms with Crippen LogP contribution in [0.1, 0.15) is 47.6 Å². The van der Waals surface area contributed by atoms with Gasteiger partial charge < -0.3 is 5.11 Å². The summed E-state index contributed by atoms with van der Waals surface area (Å²) in [6.45, 7) is 2.01. The first kappa shape index (κ1) is 11.9. The van der Waals surface area contributed by atoms with Gasteiger partial charge in [-0.1, -0.05) is 12.1 Å². The van der Waals surface area contributed by atoms with Crippen LogP contribution in [0.25, 0.3) is 5.69 Å². The second-order valence-corrected chi connectivity index (χ2v) is 4.80. The van der Waals surface area contributed by atoms with Crippen LogP contribution >= 0.6 is 0 Å². The quantitative estimate of drug-likeness (QED) is 0.891. The van der Waals surface area contributed by atoms with Crippen molar-refractivity contribution in [2.24, 2.45) is 7.05 Å². The summed E-state index contributed by atoms with van der Waals surface area (Å²) in [5, 5.41) is 21.4. The SMILES string of the molecule is CCc1nn(C)cc1-n1nnc(C(=O)O)c1C1CC1. The highest BCUT2D eigenvalue weighted by Gasteiger charge is 2.34. The Kier molecular flexibility index (Phi) is 2.62. The second-order valence-electron chi connectivity index (χ2n) is 4.80. The number of aryl methyl sites for hydroxylation is 2. The van der Waals surface area contributed by atoms with Gasteiger partial charge >= 0.3 is 5.97 Å². The molecule has 0 radical (unpaired) electrons. The van der Waals surface area contributed by atoms with E-state index in [1.54, 1.807) is 9.36 Å². The predicted molar refractivity (Wildman–Crippen MR) is 66.4 cm³/mol. The fraction of sp³-hybridized carbons (Fsp3) is 0.500. The molecule has 0 aliphatic heterocycles. The lowest BCUT2D eigenvalue weighted by Crippen LogP contribution is -2.06. The van der Waals surface area contributed by atoms with Gasteiger partial charge in [-0.05, 0) is 19.3 Å². The molecule has 1 fully saturated rings. The second kappa shape index (κ2) is 4.18. The van der Waals surface area contributed by atoms with E-state index in [0.717, 1.165) is 30.6 Å². The van der Waals surface area contributed by atoms with Crippen LogP contribution in [0.5, 0.6) is 0 Å². The van der Waals surface area contributed by atoms with Crippen LogP contribution in [0.3, 0.4) is 0 Å². The number of aromatic nitrogens is 5. The number of carboxylic acid groups (broad SMARTS) is 1. The molecule has 7 nitrogen and oxygen atoms in total. The van der Waals surface area contributed by atoms with Crippen LogP contribution in [0, 0.1) is 0 Å². The van der Waals surface area contributed by atoms with Gasteiger partial charge in [-0.2, -0.15) is 5.10 Å². The topological polar surface area (TPSA) is 85.8 Å². The third-order valence-electron chi connectivity index (χ3n) is 3.32. The number of carboxylic acids is 1. The minimum absolute atomic E-state index is 0.0633. The summed E-state index contributed by atoms with van der Waals surface area (Å²) in [4.78, 5) is 11.2. The molecule has 0 atom stereocenters. The first-order chi connectivity index (χ1) is 9.11. The van der Waals surface area contributed by atoms with E-state index < -0.39 is 5.97 Å². The van der Waals surface area contributed by atoms with Crippen molar-refractivity contribution in [3.63, 3.8) is 0 Å². The number of hydrogen-bond donors (Lipinski definition) is 1. The Morgan fingerprint density at radius 3 is 2.84 bits per heavy atom. The lowest BCUT2D eigenvalue weighted by molar-refractivity contribution is 0.0689. The van der Waals surface area contributed by atoms with Crippen molar-refractivity contribution in [1.82, 2.24) is 24.8 Å². The monoisotopic (exact) mass is 261 g/mol. The van der Waals surface area contributed by atoms with Crippen molar-refractivity contribution >= 4 is 5.97 Å². The zero-order chi connectivity index (χ0) is 13.6. The Morgan fingerprint density at radius 1 is 1.53 bits per heavy atom. The molecule has 7 heteroatoms. The summed E-state index contributed by atoms with van der Waals surface area (Å²) >= 11 is 0. The Morgan fingerprint density at radius 2 is 2.26 bits per heavy atom. The standard InChI is InChI=1S/C12H15N5O2/c1-3-8-9(6-16(2)14-8)17-11(7-4-5-7)10(12(18)19)13-15-17/h6-7H,3-5H2,1-2H3,(H,18,19). The Hall–Kier alpha value is -2.18. The Balaban J connectivity index is 2.16. The molecule has 0 unspecified atom stereocenters. The lowest BCUT2D eigenvalue weighted by atomic mass is 10.2. The number of carbonyl (C=O) groups is 1. The molecule has 2 aromatic rings. The van der Waals surface area contributed by atoms with Crippen LogP contribution in [0.15, 0.2) is 6.20 Å². The van der Waals surface area contributed by atoms with Crippen LogP contribution < -0.4 is 0 Å². The molecule has 0 spiro atoms. The van der Waals surface area contributed by atoms with Gasteiger partial charge in [0, 0.05) is 13.0 Å². The molecule has 1 N–H and O–H groups in total. The van der Waals surface area contributed by atoms with Crippen molar-refractivity contribution in [3.05, 3.63) is 23.3 Å². The van der Waals surface area contributed by atoms with E-state index in [-0.39, 0.29) is 11.6 Å². The normalized spacial score (nSPS) is 14.8. The van der Waals surface area contributed by atoms with Crippen molar-refractivity contribution in [1.29, 1.82) is 0 Å². The molecule has 0 saturated heterocycles. The fourth-order valence-corrected chi connectivity index (χ4v) is 2.29. The lowest BCUT2D eigenvalue weighted by Gasteiger charge is -2.04. The van der Waals surface area contributed by atoms with Crippen LogP contribution in [-0.4, -0.2) is 35.9 Å². The number of hydrogen-bond acceptors (Lipinski definition) is 4. The number of aromatic carboxylic acids is 1. The largest absolute Gasteiger partial charge is 0.476 e. The van der Waals surface area contributed by atoms with Crippen LogP contribution in [-0.2, 0) is 13.5 Å². The van der Waals surface area contributed by atoms with Gasteiger partial charge in [-0.25, -0.2) is 9.48 Å².